The van der Waals surface area contributed by atoms with E-state index in [1.54, 1.807) is 0 Å². The highest BCUT2D eigenvalue weighted by Crippen LogP contribution is 2.67. The van der Waals surface area contributed by atoms with Crippen molar-refractivity contribution in [1.82, 2.24) is 0 Å². The zero-order valence-corrected chi connectivity index (χ0v) is 22.8. The summed E-state index contributed by atoms with van der Waals surface area (Å²) in [5.41, 5.74) is 4.22. The highest BCUT2D eigenvalue weighted by atomic mass is 16.3. The van der Waals surface area contributed by atoms with E-state index in [0.717, 1.165) is 42.4 Å². The van der Waals surface area contributed by atoms with Crippen LogP contribution in [0.1, 0.15) is 119 Å². The van der Waals surface area contributed by atoms with E-state index in [1.807, 2.05) is 5.57 Å². The van der Waals surface area contributed by atoms with Crippen molar-refractivity contribution in [2.24, 2.45) is 52.3 Å². The molecule has 188 valence electrons. The van der Waals surface area contributed by atoms with Crippen molar-refractivity contribution in [3.8, 4) is 0 Å². The van der Waals surface area contributed by atoms with Crippen molar-refractivity contribution < 1.29 is 5.11 Å². The minimum absolute atomic E-state index is 0.0484. The van der Waals surface area contributed by atoms with E-state index in [2.05, 4.69) is 54.2 Å². The van der Waals surface area contributed by atoms with Gasteiger partial charge < -0.3 is 5.11 Å². The summed E-state index contributed by atoms with van der Waals surface area (Å²) in [6.45, 7) is 19.2. The number of hydrogen-bond donors (Lipinski definition) is 1. The van der Waals surface area contributed by atoms with Crippen molar-refractivity contribution in [2.45, 2.75) is 125 Å². The van der Waals surface area contributed by atoms with Gasteiger partial charge in [-0.25, -0.2) is 0 Å². The van der Waals surface area contributed by atoms with Crippen LogP contribution < -0.4 is 0 Å². The predicted molar refractivity (Wildman–Crippen MR) is 142 cm³/mol. The van der Waals surface area contributed by atoms with E-state index >= 15 is 0 Å². The molecule has 0 aliphatic heterocycles. The minimum Gasteiger partial charge on any atom is -0.393 e. The Hall–Kier alpha value is -0.560. The number of rotatable bonds is 8. The second kappa shape index (κ2) is 9.83. The smallest absolute Gasteiger partial charge is 0.0543 e. The first-order valence-corrected chi connectivity index (χ1v) is 14.7. The third-order valence-corrected chi connectivity index (χ3v) is 12.0. The first kappa shape index (κ1) is 25.5. The molecule has 33 heavy (non-hydrogen) atoms. The van der Waals surface area contributed by atoms with E-state index < -0.39 is 0 Å². The standard InChI is InChI=1S/C32H54O/c1-8-23(26(9-2)21(3)4)11-10-22(5)28-14-15-29-27-13-12-24-20-25(33)16-18-31(24,6)30(27)17-19-32(28,29)7/h13,22-26,28-30,33H,3,8-12,14-20H2,1-2,4-7H3. The van der Waals surface area contributed by atoms with Gasteiger partial charge in [-0.3, -0.25) is 0 Å². The molecule has 3 saturated carbocycles. The van der Waals surface area contributed by atoms with Crippen molar-refractivity contribution in [1.29, 1.82) is 0 Å². The summed E-state index contributed by atoms with van der Waals surface area (Å²) < 4.78 is 0. The Bertz CT molecular complexity index is 735. The topological polar surface area (TPSA) is 20.2 Å². The molecule has 0 heterocycles. The Morgan fingerprint density at radius 3 is 2.39 bits per heavy atom. The van der Waals surface area contributed by atoms with Gasteiger partial charge in [0.2, 0.25) is 0 Å². The van der Waals surface area contributed by atoms with Crippen LogP contribution in [-0.4, -0.2) is 11.2 Å². The lowest BCUT2D eigenvalue weighted by Gasteiger charge is -2.57. The molecule has 0 amide bonds. The Morgan fingerprint density at radius 2 is 1.73 bits per heavy atom. The fourth-order valence-corrected chi connectivity index (χ4v) is 9.92. The number of aliphatic hydroxyl groups excluding tert-OH is 1. The lowest BCUT2D eigenvalue weighted by molar-refractivity contribution is -0.0428. The van der Waals surface area contributed by atoms with Crippen LogP contribution in [0.5, 0.6) is 0 Å². The van der Waals surface area contributed by atoms with Crippen LogP contribution >= 0.6 is 0 Å². The molecule has 3 fully saturated rings. The van der Waals surface area contributed by atoms with Crippen LogP contribution in [0.3, 0.4) is 0 Å². The number of allylic oxidation sites excluding steroid dienone is 3. The van der Waals surface area contributed by atoms with Gasteiger partial charge in [-0.05, 0) is 123 Å². The van der Waals surface area contributed by atoms with E-state index in [9.17, 15) is 5.11 Å². The summed E-state index contributed by atoms with van der Waals surface area (Å²) in [6.07, 6.45) is 18.2. The Kier molecular flexibility index (Phi) is 7.60. The molecular weight excluding hydrogens is 400 g/mol. The SMILES string of the molecule is C=C(C)C(CC)C(CC)CCC(C)C1CCC2C3=CCC4CC(O)CCC4(C)C3CCC21C. The largest absolute Gasteiger partial charge is 0.393 e. The summed E-state index contributed by atoms with van der Waals surface area (Å²) in [5.74, 6) is 5.59. The van der Waals surface area contributed by atoms with E-state index in [0.29, 0.717) is 22.7 Å². The summed E-state index contributed by atoms with van der Waals surface area (Å²) in [5, 5.41) is 10.3. The third-order valence-electron chi connectivity index (χ3n) is 12.0. The van der Waals surface area contributed by atoms with Gasteiger partial charge in [0.15, 0.2) is 0 Å². The van der Waals surface area contributed by atoms with E-state index in [1.165, 1.54) is 69.8 Å². The Labute approximate surface area is 205 Å². The zero-order valence-electron chi connectivity index (χ0n) is 22.8. The molecule has 0 saturated heterocycles. The second-order valence-electron chi connectivity index (χ2n) is 13.5. The number of fused-ring (bicyclic) bond motifs is 5. The fraction of sp³-hybridized carbons (Fsp3) is 0.875. The normalized spacial score (nSPS) is 43.0. The molecule has 1 heteroatoms. The molecule has 0 aromatic carbocycles. The average molecular weight is 455 g/mol. The van der Waals surface area contributed by atoms with Crippen molar-refractivity contribution >= 4 is 0 Å². The fourth-order valence-electron chi connectivity index (χ4n) is 9.92. The molecule has 0 radical (unpaired) electrons. The molecule has 4 rings (SSSR count). The molecule has 4 aliphatic carbocycles. The highest BCUT2D eigenvalue weighted by Gasteiger charge is 2.58. The second-order valence-corrected chi connectivity index (χ2v) is 13.5. The maximum absolute atomic E-state index is 10.3. The number of aliphatic hydroxyl groups is 1. The molecule has 0 bridgehead atoms. The number of hydrogen-bond acceptors (Lipinski definition) is 1. The predicted octanol–water partition coefficient (Wildman–Crippen LogP) is 8.97. The summed E-state index contributed by atoms with van der Waals surface area (Å²) in [6, 6.07) is 0. The van der Waals surface area contributed by atoms with Gasteiger partial charge in [-0.15, -0.1) is 0 Å². The lowest BCUT2D eigenvalue weighted by Crippen LogP contribution is -2.49. The monoisotopic (exact) mass is 454 g/mol. The van der Waals surface area contributed by atoms with Crippen LogP contribution in [0.2, 0.25) is 0 Å². The molecule has 10 atom stereocenters. The molecular formula is C32H54O. The van der Waals surface area contributed by atoms with Gasteiger partial charge in [0.05, 0.1) is 6.10 Å². The van der Waals surface area contributed by atoms with Gasteiger partial charge >= 0.3 is 0 Å². The molecule has 0 aromatic heterocycles. The maximum Gasteiger partial charge on any atom is 0.0543 e. The quantitative estimate of drug-likeness (QED) is 0.363. The van der Waals surface area contributed by atoms with Gasteiger partial charge in [0, 0.05) is 0 Å². The lowest BCUT2D eigenvalue weighted by atomic mass is 9.47. The molecule has 0 spiro atoms. The molecule has 1 N–H and O–H groups in total. The summed E-state index contributed by atoms with van der Waals surface area (Å²) >= 11 is 0. The van der Waals surface area contributed by atoms with Gasteiger partial charge in [-0.1, -0.05) is 71.3 Å². The highest BCUT2D eigenvalue weighted by molar-refractivity contribution is 5.27. The van der Waals surface area contributed by atoms with Crippen LogP contribution in [0, 0.1) is 52.3 Å². The first-order chi connectivity index (χ1) is 15.7. The van der Waals surface area contributed by atoms with E-state index in [4.69, 9.17) is 0 Å². The molecule has 0 aromatic rings. The van der Waals surface area contributed by atoms with Gasteiger partial charge in [0.1, 0.15) is 0 Å². The van der Waals surface area contributed by atoms with Crippen LogP contribution in [0.4, 0.5) is 0 Å². The van der Waals surface area contributed by atoms with Gasteiger partial charge in [-0.2, -0.15) is 0 Å². The minimum atomic E-state index is -0.0484. The van der Waals surface area contributed by atoms with Crippen LogP contribution in [0.25, 0.3) is 0 Å². The molecule has 4 aliphatic rings. The first-order valence-electron chi connectivity index (χ1n) is 14.7. The molecule has 1 nitrogen and oxygen atoms in total. The van der Waals surface area contributed by atoms with Crippen LogP contribution in [-0.2, 0) is 0 Å². The van der Waals surface area contributed by atoms with Crippen molar-refractivity contribution in [3.05, 3.63) is 23.8 Å². The van der Waals surface area contributed by atoms with Gasteiger partial charge in [0.25, 0.3) is 0 Å². The zero-order chi connectivity index (χ0) is 24.0. The third kappa shape index (κ3) is 4.43. The van der Waals surface area contributed by atoms with Crippen LogP contribution in [0.15, 0.2) is 23.8 Å². The Balaban J connectivity index is 1.46. The van der Waals surface area contributed by atoms with Crippen molar-refractivity contribution in [2.75, 3.05) is 0 Å². The van der Waals surface area contributed by atoms with E-state index in [-0.39, 0.29) is 6.10 Å². The molecule has 10 unspecified atom stereocenters. The summed E-state index contributed by atoms with van der Waals surface area (Å²) in [4.78, 5) is 0. The summed E-state index contributed by atoms with van der Waals surface area (Å²) in [7, 11) is 0. The maximum atomic E-state index is 10.3. The van der Waals surface area contributed by atoms with Crippen molar-refractivity contribution in [3.63, 3.8) is 0 Å². The average Bonchev–Trinajstić information content (AvgIpc) is 3.14. The Morgan fingerprint density at radius 1 is 1.03 bits per heavy atom.